The third-order valence-corrected chi connectivity index (χ3v) is 3.17. The van der Waals surface area contributed by atoms with Crippen molar-refractivity contribution in [3.8, 4) is 6.07 Å². The first-order chi connectivity index (χ1) is 8.45. The van der Waals surface area contributed by atoms with Crippen molar-refractivity contribution in [3.63, 3.8) is 0 Å². The summed E-state index contributed by atoms with van der Waals surface area (Å²) in [4.78, 5) is 0. The van der Waals surface area contributed by atoms with E-state index in [4.69, 9.17) is 5.26 Å². The molecule has 0 aliphatic heterocycles. The number of benzene rings is 1. The standard InChI is InChI=1S/C16H24N2/c1-13-7-8-15(16(2,3)4)11-14(13)12-18-10-6-5-9-17/h7-8,11,18H,5-6,10,12H2,1-4H3. The number of hydrogen-bond acceptors (Lipinski definition) is 2. The van der Waals surface area contributed by atoms with Gasteiger partial charge in [0.15, 0.2) is 0 Å². The summed E-state index contributed by atoms with van der Waals surface area (Å²) in [5, 5.41) is 11.9. The molecule has 0 fully saturated rings. The Labute approximate surface area is 111 Å². The second kappa shape index (κ2) is 6.56. The van der Waals surface area contributed by atoms with Crippen LogP contribution in [0, 0.1) is 18.3 Å². The molecule has 0 amide bonds. The van der Waals surface area contributed by atoms with Crippen LogP contribution >= 0.6 is 0 Å². The predicted octanol–water partition coefficient (Wildman–Crippen LogP) is 3.69. The Morgan fingerprint density at radius 1 is 1.28 bits per heavy atom. The van der Waals surface area contributed by atoms with Crippen LogP contribution in [-0.4, -0.2) is 6.54 Å². The second-order valence-corrected chi connectivity index (χ2v) is 5.83. The lowest BCUT2D eigenvalue weighted by Crippen LogP contribution is -2.17. The van der Waals surface area contributed by atoms with Gasteiger partial charge in [-0.25, -0.2) is 0 Å². The molecule has 0 unspecified atom stereocenters. The highest BCUT2D eigenvalue weighted by atomic mass is 14.8. The number of aryl methyl sites for hydroxylation is 1. The molecule has 1 aromatic carbocycles. The number of unbranched alkanes of at least 4 members (excludes halogenated alkanes) is 1. The SMILES string of the molecule is Cc1ccc(C(C)(C)C)cc1CNCCCC#N. The summed E-state index contributed by atoms with van der Waals surface area (Å²) >= 11 is 0. The fourth-order valence-electron chi connectivity index (χ4n) is 1.84. The van der Waals surface area contributed by atoms with E-state index < -0.39 is 0 Å². The van der Waals surface area contributed by atoms with Crippen molar-refractivity contribution in [3.05, 3.63) is 34.9 Å². The molecule has 0 aromatic heterocycles. The molecule has 0 aliphatic rings. The molecule has 0 bridgehead atoms. The maximum absolute atomic E-state index is 8.47. The first-order valence-corrected chi connectivity index (χ1v) is 6.63. The van der Waals surface area contributed by atoms with Crippen molar-refractivity contribution in [2.75, 3.05) is 6.54 Å². The third-order valence-electron chi connectivity index (χ3n) is 3.17. The van der Waals surface area contributed by atoms with Gasteiger partial charge in [-0.05, 0) is 42.0 Å². The highest BCUT2D eigenvalue weighted by Crippen LogP contribution is 2.24. The molecule has 0 aliphatic carbocycles. The third kappa shape index (κ3) is 4.50. The summed E-state index contributed by atoms with van der Waals surface area (Å²) < 4.78 is 0. The van der Waals surface area contributed by atoms with E-state index in [0.717, 1.165) is 19.5 Å². The molecule has 0 radical (unpaired) electrons. The fourth-order valence-corrected chi connectivity index (χ4v) is 1.84. The van der Waals surface area contributed by atoms with Crippen LogP contribution in [0.5, 0.6) is 0 Å². The molecule has 0 heterocycles. The maximum Gasteiger partial charge on any atom is 0.0622 e. The Hall–Kier alpha value is -1.33. The van der Waals surface area contributed by atoms with Crippen molar-refractivity contribution >= 4 is 0 Å². The average molecular weight is 244 g/mol. The molecule has 1 N–H and O–H groups in total. The minimum absolute atomic E-state index is 0.198. The number of hydrogen-bond donors (Lipinski definition) is 1. The molecular formula is C16H24N2. The number of nitriles is 1. The van der Waals surface area contributed by atoms with Gasteiger partial charge in [0.05, 0.1) is 6.07 Å². The Morgan fingerprint density at radius 3 is 2.61 bits per heavy atom. The van der Waals surface area contributed by atoms with E-state index in [-0.39, 0.29) is 5.41 Å². The minimum atomic E-state index is 0.198. The molecule has 18 heavy (non-hydrogen) atoms. The smallest absolute Gasteiger partial charge is 0.0622 e. The van der Waals surface area contributed by atoms with Crippen molar-refractivity contribution < 1.29 is 0 Å². The lowest BCUT2D eigenvalue weighted by molar-refractivity contribution is 0.587. The van der Waals surface area contributed by atoms with E-state index in [1.54, 1.807) is 0 Å². The van der Waals surface area contributed by atoms with Crippen molar-refractivity contribution in [1.29, 1.82) is 5.26 Å². The Kier molecular flexibility index (Phi) is 5.37. The largest absolute Gasteiger partial charge is 0.313 e. The highest BCUT2D eigenvalue weighted by molar-refractivity contribution is 5.34. The van der Waals surface area contributed by atoms with Gasteiger partial charge in [0.2, 0.25) is 0 Å². The highest BCUT2D eigenvalue weighted by Gasteiger charge is 2.14. The summed E-state index contributed by atoms with van der Waals surface area (Å²) in [6.45, 7) is 10.7. The second-order valence-electron chi connectivity index (χ2n) is 5.83. The van der Waals surface area contributed by atoms with Crippen LogP contribution in [0.25, 0.3) is 0 Å². The number of nitrogens with one attached hydrogen (secondary N) is 1. The molecule has 1 aromatic rings. The van der Waals surface area contributed by atoms with Gasteiger partial charge < -0.3 is 5.32 Å². The lowest BCUT2D eigenvalue weighted by Gasteiger charge is -2.21. The molecule has 2 heteroatoms. The van der Waals surface area contributed by atoms with E-state index >= 15 is 0 Å². The Balaban J connectivity index is 2.62. The van der Waals surface area contributed by atoms with Gasteiger partial charge in [0.1, 0.15) is 0 Å². The Bertz CT molecular complexity index is 422. The van der Waals surface area contributed by atoms with Gasteiger partial charge in [-0.2, -0.15) is 5.26 Å². The van der Waals surface area contributed by atoms with Gasteiger partial charge in [-0.1, -0.05) is 39.0 Å². The van der Waals surface area contributed by atoms with Crippen LogP contribution in [0.15, 0.2) is 18.2 Å². The zero-order chi connectivity index (χ0) is 13.6. The molecular weight excluding hydrogens is 220 g/mol. The first-order valence-electron chi connectivity index (χ1n) is 6.63. The molecule has 0 spiro atoms. The molecule has 0 atom stereocenters. The van der Waals surface area contributed by atoms with E-state index in [9.17, 15) is 0 Å². The molecule has 2 nitrogen and oxygen atoms in total. The number of nitrogens with zero attached hydrogens (tertiary/aromatic N) is 1. The molecule has 0 saturated carbocycles. The summed E-state index contributed by atoms with van der Waals surface area (Å²) in [6.07, 6.45) is 1.56. The summed E-state index contributed by atoms with van der Waals surface area (Å²) in [5.74, 6) is 0. The van der Waals surface area contributed by atoms with Gasteiger partial charge in [-0.15, -0.1) is 0 Å². The molecule has 1 rings (SSSR count). The quantitative estimate of drug-likeness (QED) is 0.802. The van der Waals surface area contributed by atoms with Crippen molar-refractivity contribution in [1.82, 2.24) is 5.32 Å². The van der Waals surface area contributed by atoms with Gasteiger partial charge in [0, 0.05) is 13.0 Å². The summed E-state index contributed by atoms with van der Waals surface area (Å²) in [5.41, 5.74) is 4.26. The number of rotatable bonds is 5. The first kappa shape index (κ1) is 14.7. The van der Waals surface area contributed by atoms with Crippen molar-refractivity contribution in [2.45, 2.75) is 52.5 Å². The van der Waals surface area contributed by atoms with Crippen LogP contribution in [0.2, 0.25) is 0 Å². The van der Waals surface area contributed by atoms with Gasteiger partial charge in [0.25, 0.3) is 0 Å². The molecule has 98 valence electrons. The van der Waals surface area contributed by atoms with Crippen molar-refractivity contribution in [2.24, 2.45) is 0 Å². The van der Waals surface area contributed by atoms with Crippen LogP contribution in [0.4, 0.5) is 0 Å². The van der Waals surface area contributed by atoms with Gasteiger partial charge >= 0.3 is 0 Å². The van der Waals surface area contributed by atoms with E-state index in [1.807, 2.05) is 0 Å². The minimum Gasteiger partial charge on any atom is -0.313 e. The average Bonchev–Trinajstić information content (AvgIpc) is 2.29. The van der Waals surface area contributed by atoms with Crippen LogP contribution in [0.1, 0.15) is 50.3 Å². The van der Waals surface area contributed by atoms with Crippen LogP contribution in [0.3, 0.4) is 0 Å². The normalized spacial score (nSPS) is 11.3. The van der Waals surface area contributed by atoms with E-state index in [0.29, 0.717) is 6.42 Å². The summed E-state index contributed by atoms with van der Waals surface area (Å²) in [6, 6.07) is 8.88. The fraction of sp³-hybridized carbons (Fsp3) is 0.562. The maximum atomic E-state index is 8.47. The zero-order valence-electron chi connectivity index (χ0n) is 12.0. The topological polar surface area (TPSA) is 35.8 Å². The zero-order valence-corrected chi connectivity index (χ0v) is 12.0. The summed E-state index contributed by atoms with van der Waals surface area (Å²) in [7, 11) is 0. The van der Waals surface area contributed by atoms with Crippen LogP contribution in [-0.2, 0) is 12.0 Å². The molecule has 0 saturated heterocycles. The van der Waals surface area contributed by atoms with Crippen LogP contribution < -0.4 is 5.32 Å². The van der Waals surface area contributed by atoms with Gasteiger partial charge in [-0.3, -0.25) is 0 Å². The Morgan fingerprint density at radius 2 is 2.00 bits per heavy atom. The lowest BCUT2D eigenvalue weighted by atomic mass is 9.85. The van der Waals surface area contributed by atoms with E-state index in [2.05, 4.69) is 57.3 Å². The van der Waals surface area contributed by atoms with E-state index in [1.165, 1.54) is 16.7 Å². The monoisotopic (exact) mass is 244 g/mol. The predicted molar refractivity (Wildman–Crippen MR) is 76.4 cm³/mol.